The Morgan fingerprint density at radius 2 is 1.83 bits per heavy atom. The number of carbonyl (C=O) groups excluding carboxylic acids is 1. The van der Waals surface area contributed by atoms with Crippen molar-refractivity contribution in [3.63, 3.8) is 0 Å². The number of hydrogen-bond acceptors (Lipinski definition) is 3. The summed E-state index contributed by atoms with van der Waals surface area (Å²) in [7, 11) is 0. The van der Waals surface area contributed by atoms with Crippen LogP contribution in [0.1, 0.15) is 40.4 Å². The monoisotopic (exact) mass is 400 g/mol. The normalized spacial score (nSPS) is 20.7. The van der Waals surface area contributed by atoms with Crippen LogP contribution >= 0.6 is 0 Å². The predicted molar refractivity (Wildman–Crippen MR) is 120 cm³/mol. The molecule has 2 unspecified atom stereocenters. The zero-order valence-corrected chi connectivity index (χ0v) is 17.2. The lowest BCUT2D eigenvalue weighted by molar-refractivity contribution is -0.0637. The Morgan fingerprint density at radius 1 is 1.00 bits per heavy atom. The van der Waals surface area contributed by atoms with Gasteiger partial charge in [-0.3, -0.25) is 9.69 Å². The Labute approximate surface area is 177 Å². The number of nitrogens with one attached hydrogen (secondary N) is 1. The van der Waals surface area contributed by atoms with Gasteiger partial charge in [0.2, 0.25) is 0 Å². The van der Waals surface area contributed by atoms with Crippen LogP contribution in [0.15, 0.2) is 66.7 Å². The van der Waals surface area contributed by atoms with Crippen molar-refractivity contribution < 1.29 is 9.53 Å². The molecule has 4 nitrogen and oxygen atoms in total. The molecule has 1 amide bonds. The zero-order valence-electron chi connectivity index (χ0n) is 17.2. The van der Waals surface area contributed by atoms with E-state index in [1.54, 1.807) is 0 Å². The number of benzene rings is 3. The van der Waals surface area contributed by atoms with E-state index in [1.807, 2.05) is 36.4 Å². The molecule has 30 heavy (non-hydrogen) atoms. The van der Waals surface area contributed by atoms with Gasteiger partial charge in [-0.1, -0.05) is 54.6 Å². The first kappa shape index (κ1) is 19.3. The molecule has 4 heteroatoms. The highest BCUT2D eigenvalue weighted by Gasteiger charge is 2.39. The molecule has 0 aromatic heterocycles. The molecular weight excluding hydrogens is 372 g/mol. The van der Waals surface area contributed by atoms with Crippen LogP contribution < -0.4 is 5.32 Å². The van der Waals surface area contributed by atoms with E-state index in [0.717, 1.165) is 55.3 Å². The van der Waals surface area contributed by atoms with Crippen LogP contribution in [0.3, 0.4) is 0 Å². The quantitative estimate of drug-likeness (QED) is 0.626. The third-order valence-electron chi connectivity index (χ3n) is 6.42. The summed E-state index contributed by atoms with van der Waals surface area (Å²) in [5.74, 6) is 0.0110. The summed E-state index contributed by atoms with van der Waals surface area (Å²) < 4.78 is 6.05. The number of fused-ring (bicyclic) bond motifs is 4. The summed E-state index contributed by atoms with van der Waals surface area (Å²) in [4.78, 5) is 15.1. The number of rotatable bonds is 6. The van der Waals surface area contributed by atoms with E-state index in [0.29, 0.717) is 18.7 Å². The minimum absolute atomic E-state index is 0.0110. The third-order valence-corrected chi connectivity index (χ3v) is 6.42. The summed E-state index contributed by atoms with van der Waals surface area (Å²) >= 11 is 0. The van der Waals surface area contributed by atoms with Crippen molar-refractivity contribution in [1.29, 1.82) is 0 Å². The topological polar surface area (TPSA) is 41.6 Å². The maximum absolute atomic E-state index is 12.5. The Bertz CT molecular complexity index is 1050. The molecule has 2 atom stereocenters. The fourth-order valence-corrected chi connectivity index (χ4v) is 4.90. The largest absolute Gasteiger partial charge is 0.375 e. The van der Waals surface area contributed by atoms with E-state index < -0.39 is 0 Å². The molecule has 5 rings (SSSR count). The van der Waals surface area contributed by atoms with Gasteiger partial charge in [0.15, 0.2) is 0 Å². The van der Waals surface area contributed by atoms with Crippen molar-refractivity contribution >= 4 is 16.7 Å². The highest BCUT2D eigenvalue weighted by atomic mass is 16.5. The third kappa shape index (κ3) is 3.85. The van der Waals surface area contributed by atoms with Gasteiger partial charge < -0.3 is 10.1 Å². The highest BCUT2D eigenvalue weighted by Crippen LogP contribution is 2.39. The summed E-state index contributed by atoms with van der Waals surface area (Å²) in [6.07, 6.45) is 3.38. The minimum Gasteiger partial charge on any atom is -0.375 e. The van der Waals surface area contributed by atoms with Gasteiger partial charge in [0.25, 0.3) is 5.91 Å². The van der Waals surface area contributed by atoms with E-state index in [-0.39, 0.29) is 5.91 Å². The van der Waals surface area contributed by atoms with Crippen LogP contribution in [-0.2, 0) is 11.2 Å². The van der Waals surface area contributed by atoms with Crippen molar-refractivity contribution in [2.75, 3.05) is 26.2 Å². The van der Waals surface area contributed by atoms with E-state index >= 15 is 0 Å². The number of unbranched alkanes of at least 4 members (excludes halogenated alkanes) is 1. The molecule has 1 fully saturated rings. The average molecular weight is 401 g/mol. The van der Waals surface area contributed by atoms with E-state index in [4.69, 9.17) is 4.74 Å². The van der Waals surface area contributed by atoms with E-state index in [1.165, 1.54) is 11.1 Å². The van der Waals surface area contributed by atoms with Crippen molar-refractivity contribution in [3.05, 3.63) is 83.4 Å². The summed E-state index contributed by atoms with van der Waals surface area (Å²) in [6, 6.07) is 23.2. The minimum atomic E-state index is 0.0110. The van der Waals surface area contributed by atoms with Gasteiger partial charge in [-0.15, -0.1) is 0 Å². The van der Waals surface area contributed by atoms with Crippen molar-refractivity contribution in [3.8, 4) is 0 Å². The highest BCUT2D eigenvalue weighted by molar-refractivity contribution is 5.98. The molecule has 2 aliphatic rings. The number of carbonyl (C=O) groups is 1. The summed E-state index contributed by atoms with van der Waals surface area (Å²) in [6.45, 7) is 3.55. The number of morpholine rings is 1. The van der Waals surface area contributed by atoms with Crippen molar-refractivity contribution in [1.82, 2.24) is 10.2 Å². The molecule has 3 aromatic rings. The molecular formula is C26H28N2O2. The van der Waals surface area contributed by atoms with Gasteiger partial charge in [-0.05, 0) is 53.4 Å². The van der Waals surface area contributed by atoms with Gasteiger partial charge in [0.05, 0.1) is 18.8 Å². The zero-order chi connectivity index (χ0) is 20.3. The molecule has 0 radical (unpaired) electrons. The van der Waals surface area contributed by atoms with Gasteiger partial charge >= 0.3 is 0 Å². The Kier molecular flexibility index (Phi) is 5.52. The fourth-order valence-electron chi connectivity index (χ4n) is 4.90. The van der Waals surface area contributed by atoms with Gasteiger partial charge in [0, 0.05) is 25.1 Å². The van der Waals surface area contributed by atoms with Crippen molar-refractivity contribution in [2.24, 2.45) is 0 Å². The summed E-state index contributed by atoms with van der Waals surface area (Å²) in [5, 5.41) is 5.34. The Balaban J connectivity index is 1.12. The van der Waals surface area contributed by atoms with Gasteiger partial charge in [0.1, 0.15) is 0 Å². The van der Waals surface area contributed by atoms with Crippen LogP contribution in [0, 0.1) is 0 Å². The lowest BCUT2D eigenvalue weighted by Crippen LogP contribution is -2.43. The molecule has 154 valence electrons. The number of nitrogens with zero attached hydrogens (tertiary/aromatic N) is 1. The molecule has 1 heterocycles. The SMILES string of the molecule is O=C(NCCCCN1CCOC2Cc3ccccc3C21)c1ccc2ccccc2c1. The van der Waals surface area contributed by atoms with E-state index in [2.05, 4.69) is 40.5 Å². The fraction of sp³-hybridized carbons (Fsp3) is 0.346. The number of amides is 1. The molecule has 1 aliphatic heterocycles. The first-order valence-electron chi connectivity index (χ1n) is 11.0. The lowest BCUT2D eigenvalue weighted by atomic mass is 10.0. The Hall–Kier alpha value is -2.69. The maximum atomic E-state index is 12.5. The molecule has 1 saturated heterocycles. The molecule has 0 bridgehead atoms. The van der Waals surface area contributed by atoms with Crippen LogP contribution in [0.5, 0.6) is 0 Å². The molecule has 0 saturated carbocycles. The first-order chi connectivity index (χ1) is 14.8. The second kappa shape index (κ2) is 8.58. The molecule has 0 spiro atoms. The smallest absolute Gasteiger partial charge is 0.251 e. The second-order valence-corrected chi connectivity index (χ2v) is 8.32. The van der Waals surface area contributed by atoms with Crippen LogP contribution in [0.4, 0.5) is 0 Å². The lowest BCUT2D eigenvalue weighted by Gasteiger charge is -2.38. The molecule has 1 aliphatic carbocycles. The second-order valence-electron chi connectivity index (χ2n) is 8.32. The summed E-state index contributed by atoms with van der Waals surface area (Å²) in [5.41, 5.74) is 3.60. The Morgan fingerprint density at radius 3 is 2.77 bits per heavy atom. The van der Waals surface area contributed by atoms with Crippen LogP contribution in [-0.4, -0.2) is 43.2 Å². The first-order valence-corrected chi connectivity index (χ1v) is 11.0. The average Bonchev–Trinajstić information content (AvgIpc) is 3.18. The molecule has 3 aromatic carbocycles. The molecule has 1 N–H and O–H groups in total. The van der Waals surface area contributed by atoms with Crippen LogP contribution in [0.25, 0.3) is 10.8 Å². The van der Waals surface area contributed by atoms with E-state index in [9.17, 15) is 4.79 Å². The van der Waals surface area contributed by atoms with Gasteiger partial charge in [-0.2, -0.15) is 0 Å². The number of ether oxygens (including phenoxy) is 1. The van der Waals surface area contributed by atoms with Crippen LogP contribution in [0.2, 0.25) is 0 Å². The van der Waals surface area contributed by atoms with Crippen molar-refractivity contribution in [2.45, 2.75) is 31.4 Å². The maximum Gasteiger partial charge on any atom is 0.251 e. The predicted octanol–water partition coefficient (Wildman–Crippen LogP) is 4.35. The standard InChI is InChI=1S/C26H28N2O2/c29-26(22-12-11-19-7-1-2-8-20(19)17-22)27-13-5-6-14-28-15-16-30-24-18-21-9-3-4-10-23(21)25(24)28/h1-4,7-12,17,24-25H,5-6,13-16,18H2,(H,27,29). The number of hydrogen-bond donors (Lipinski definition) is 1. The van der Waals surface area contributed by atoms with Gasteiger partial charge in [-0.25, -0.2) is 0 Å².